The first kappa shape index (κ1) is 17.5. The average molecular weight is 357 g/mol. The van der Waals surface area contributed by atoms with Crippen molar-refractivity contribution in [2.75, 3.05) is 37.3 Å². The van der Waals surface area contributed by atoms with Gasteiger partial charge in [-0.05, 0) is 18.1 Å². The van der Waals surface area contributed by atoms with Gasteiger partial charge in [0.25, 0.3) is 0 Å². The Morgan fingerprint density at radius 3 is 2.80 bits per heavy atom. The molecule has 2 aromatic rings. The molecule has 2 N–H and O–H groups in total. The van der Waals surface area contributed by atoms with Crippen molar-refractivity contribution in [3.05, 3.63) is 41.5 Å². The van der Waals surface area contributed by atoms with E-state index in [1.807, 2.05) is 19.2 Å². The van der Waals surface area contributed by atoms with Crippen LogP contribution in [0.15, 0.2) is 35.5 Å². The monoisotopic (exact) mass is 357 g/mol. The van der Waals surface area contributed by atoms with Crippen molar-refractivity contribution in [1.82, 2.24) is 14.9 Å². The van der Waals surface area contributed by atoms with E-state index in [0.29, 0.717) is 30.5 Å². The summed E-state index contributed by atoms with van der Waals surface area (Å²) in [5.74, 6) is 2.22. The predicted octanol–water partition coefficient (Wildman–Crippen LogP) is 2.33. The van der Waals surface area contributed by atoms with Crippen molar-refractivity contribution in [2.45, 2.75) is 24.3 Å². The van der Waals surface area contributed by atoms with Gasteiger partial charge in [-0.3, -0.25) is 4.79 Å². The number of hydrogen-bond acceptors (Lipinski definition) is 6. The van der Waals surface area contributed by atoms with E-state index >= 15 is 0 Å². The third-order valence-corrected chi connectivity index (χ3v) is 5.28. The lowest BCUT2D eigenvalue weighted by Gasteiger charge is -2.21. The van der Waals surface area contributed by atoms with Gasteiger partial charge in [0.15, 0.2) is 5.16 Å². The van der Waals surface area contributed by atoms with E-state index in [2.05, 4.69) is 33.9 Å². The lowest BCUT2D eigenvalue weighted by molar-refractivity contribution is -0.129. The molecule has 25 heavy (non-hydrogen) atoms. The number of amides is 1. The molecule has 7 heteroatoms. The Morgan fingerprint density at radius 2 is 2.00 bits per heavy atom. The van der Waals surface area contributed by atoms with Gasteiger partial charge in [0, 0.05) is 44.9 Å². The van der Waals surface area contributed by atoms with E-state index in [0.717, 1.165) is 18.1 Å². The number of benzene rings is 1. The summed E-state index contributed by atoms with van der Waals surface area (Å²) in [6.45, 7) is 4.20. The number of carbonyl (C=O) groups excluding carboxylic acids is 1. The van der Waals surface area contributed by atoms with Gasteiger partial charge in [-0.1, -0.05) is 36.0 Å². The summed E-state index contributed by atoms with van der Waals surface area (Å²) in [7, 11) is 1.84. The maximum atomic E-state index is 11.9. The molecular formula is C18H23N5OS. The van der Waals surface area contributed by atoms with Crippen molar-refractivity contribution in [3.63, 3.8) is 0 Å². The molecule has 3 rings (SSSR count). The van der Waals surface area contributed by atoms with E-state index in [1.165, 1.54) is 11.1 Å². The summed E-state index contributed by atoms with van der Waals surface area (Å²) in [5.41, 5.74) is 8.51. The summed E-state index contributed by atoms with van der Waals surface area (Å²) in [6.07, 6.45) is 0.492. The number of aryl methyl sites for hydroxylation is 1. The third kappa shape index (κ3) is 4.42. The Morgan fingerprint density at radius 1 is 1.20 bits per heavy atom. The van der Waals surface area contributed by atoms with Crippen LogP contribution in [-0.2, 0) is 10.5 Å². The first-order valence-corrected chi connectivity index (χ1v) is 9.32. The first-order valence-electron chi connectivity index (χ1n) is 8.33. The van der Waals surface area contributed by atoms with Gasteiger partial charge >= 0.3 is 0 Å². The summed E-state index contributed by atoms with van der Waals surface area (Å²) in [4.78, 5) is 24.7. The zero-order valence-corrected chi connectivity index (χ0v) is 15.4. The zero-order chi connectivity index (χ0) is 17.8. The first-order chi connectivity index (χ1) is 12.0. The minimum atomic E-state index is 0.165. The fourth-order valence-electron chi connectivity index (χ4n) is 2.73. The normalized spacial score (nSPS) is 15.4. The molecule has 0 spiro atoms. The number of rotatable bonds is 4. The van der Waals surface area contributed by atoms with Crippen LogP contribution in [0, 0.1) is 6.92 Å². The molecule has 2 heterocycles. The molecule has 0 radical (unpaired) electrons. The number of hydrogen-bond donors (Lipinski definition) is 1. The smallest absolute Gasteiger partial charge is 0.224 e. The minimum absolute atomic E-state index is 0.165. The van der Waals surface area contributed by atoms with Crippen molar-refractivity contribution < 1.29 is 4.79 Å². The van der Waals surface area contributed by atoms with Gasteiger partial charge < -0.3 is 15.5 Å². The number of nitrogen functional groups attached to an aromatic ring is 1. The van der Waals surface area contributed by atoms with E-state index in [4.69, 9.17) is 5.73 Å². The molecule has 0 saturated carbocycles. The molecule has 1 aromatic carbocycles. The molecule has 1 fully saturated rings. The second kappa shape index (κ2) is 7.74. The van der Waals surface area contributed by atoms with E-state index in [9.17, 15) is 4.79 Å². The highest BCUT2D eigenvalue weighted by Gasteiger charge is 2.19. The molecule has 1 saturated heterocycles. The van der Waals surface area contributed by atoms with Crippen LogP contribution in [0.1, 0.15) is 17.5 Å². The molecule has 1 aromatic heterocycles. The minimum Gasteiger partial charge on any atom is -0.383 e. The molecule has 6 nitrogen and oxygen atoms in total. The van der Waals surface area contributed by atoms with Gasteiger partial charge in [0.1, 0.15) is 11.6 Å². The Kier molecular flexibility index (Phi) is 5.43. The lowest BCUT2D eigenvalue weighted by atomic mass is 10.1. The Balaban J connectivity index is 1.74. The predicted molar refractivity (Wildman–Crippen MR) is 102 cm³/mol. The van der Waals surface area contributed by atoms with Crippen LogP contribution >= 0.6 is 11.8 Å². The number of nitrogens with two attached hydrogens (primary N) is 1. The van der Waals surface area contributed by atoms with Gasteiger partial charge in [0.2, 0.25) is 5.91 Å². The van der Waals surface area contributed by atoms with Crippen molar-refractivity contribution in [2.24, 2.45) is 0 Å². The summed E-state index contributed by atoms with van der Waals surface area (Å²) in [6, 6.07) is 10.1. The number of thioether (sulfide) groups is 1. The highest BCUT2D eigenvalue weighted by molar-refractivity contribution is 7.98. The fraction of sp³-hybridized carbons (Fsp3) is 0.389. The van der Waals surface area contributed by atoms with Crippen molar-refractivity contribution in [3.8, 4) is 0 Å². The Bertz CT molecular complexity index is 767. The number of nitrogens with zero attached hydrogens (tertiary/aromatic N) is 4. The fourth-order valence-corrected chi connectivity index (χ4v) is 3.67. The maximum absolute atomic E-state index is 11.9. The van der Waals surface area contributed by atoms with Gasteiger partial charge in [-0.25, -0.2) is 9.97 Å². The summed E-state index contributed by atoms with van der Waals surface area (Å²) < 4.78 is 0. The SMILES string of the molecule is Cc1ccccc1CSc1nc(N)cc(N2CCC(=O)N(C)CC2)n1. The molecule has 1 aliphatic rings. The van der Waals surface area contributed by atoms with Crippen LogP contribution in [-0.4, -0.2) is 47.5 Å². The molecule has 0 aliphatic carbocycles. The lowest BCUT2D eigenvalue weighted by Crippen LogP contribution is -2.30. The standard InChI is InChI=1S/C18H23N5OS/c1-13-5-3-4-6-14(13)12-25-18-20-15(19)11-16(21-18)23-8-7-17(24)22(2)9-10-23/h3-6,11H,7-10,12H2,1-2H3,(H2,19,20,21). The van der Waals surface area contributed by atoms with E-state index < -0.39 is 0 Å². The molecule has 0 atom stereocenters. The highest BCUT2D eigenvalue weighted by Crippen LogP contribution is 2.25. The third-order valence-electron chi connectivity index (χ3n) is 4.38. The average Bonchev–Trinajstić information content (AvgIpc) is 2.76. The zero-order valence-electron chi connectivity index (χ0n) is 14.6. The second-order valence-corrected chi connectivity index (χ2v) is 7.14. The maximum Gasteiger partial charge on any atom is 0.224 e. The summed E-state index contributed by atoms with van der Waals surface area (Å²) in [5, 5.41) is 0.669. The molecule has 0 bridgehead atoms. The Labute approximate surface area is 152 Å². The van der Waals surface area contributed by atoms with Crippen LogP contribution in [0.3, 0.4) is 0 Å². The molecule has 132 valence electrons. The number of aromatic nitrogens is 2. The van der Waals surface area contributed by atoms with Crippen LogP contribution in [0.5, 0.6) is 0 Å². The van der Waals surface area contributed by atoms with Crippen LogP contribution in [0.4, 0.5) is 11.6 Å². The van der Waals surface area contributed by atoms with Crippen molar-refractivity contribution in [1.29, 1.82) is 0 Å². The largest absolute Gasteiger partial charge is 0.383 e. The van der Waals surface area contributed by atoms with E-state index in [1.54, 1.807) is 22.7 Å². The van der Waals surface area contributed by atoms with E-state index in [-0.39, 0.29) is 5.91 Å². The quantitative estimate of drug-likeness (QED) is 0.669. The highest BCUT2D eigenvalue weighted by atomic mass is 32.2. The molecular weight excluding hydrogens is 334 g/mol. The van der Waals surface area contributed by atoms with Gasteiger partial charge in [-0.15, -0.1) is 0 Å². The molecule has 1 amide bonds. The van der Waals surface area contributed by atoms with Crippen LogP contribution in [0.25, 0.3) is 0 Å². The summed E-state index contributed by atoms with van der Waals surface area (Å²) >= 11 is 1.58. The van der Waals surface area contributed by atoms with Crippen LogP contribution in [0.2, 0.25) is 0 Å². The number of carbonyl (C=O) groups is 1. The molecule has 1 aliphatic heterocycles. The molecule has 0 unspecified atom stereocenters. The number of anilines is 2. The van der Waals surface area contributed by atoms with Gasteiger partial charge in [-0.2, -0.15) is 0 Å². The van der Waals surface area contributed by atoms with Crippen molar-refractivity contribution >= 4 is 29.3 Å². The Hall–Kier alpha value is -2.28. The topological polar surface area (TPSA) is 75.3 Å². The van der Waals surface area contributed by atoms with Gasteiger partial charge in [0.05, 0.1) is 0 Å². The second-order valence-electron chi connectivity index (χ2n) is 6.20. The number of likely N-dealkylation sites (N-methyl/N-ethyl adjacent to an activating group) is 1. The van der Waals surface area contributed by atoms with Crippen LogP contribution < -0.4 is 10.6 Å².